The Hall–Kier alpha value is -4.45. The molecule has 2 atom stereocenters. The highest BCUT2D eigenvalue weighted by Gasteiger charge is 2.28. The monoisotopic (exact) mass is 698 g/mol. The van der Waals surface area contributed by atoms with E-state index in [1.807, 2.05) is 23.4 Å². The van der Waals surface area contributed by atoms with Gasteiger partial charge in [0.05, 0.1) is 17.8 Å². The summed E-state index contributed by atoms with van der Waals surface area (Å²) < 4.78 is 1.95. The number of aryl methyl sites for hydroxylation is 4. The molecule has 2 saturated heterocycles. The van der Waals surface area contributed by atoms with Gasteiger partial charge in [0, 0.05) is 81.6 Å². The normalized spacial score (nSPS) is 18.4. The number of carbonyl (C=O) groups is 3. The van der Waals surface area contributed by atoms with E-state index in [4.69, 9.17) is 15.8 Å². The van der Waals surface area contributed by atoms with Crippen LogP contribution in [-0.2, 0) is 27.2 Å². The van der Waals surface area contributed by atoms with E-state index in [-0.39, 0.29) is 24.2 Å². The maximum absolute atomic E-state index is 12.9. The van der Waals surface area contributed by atoms with Gasteiger partial charge < -0.3 is 30.9 Å². The van der Waals surface area contributed by atoms with Crippen molar-refractivity contribution in [3.05, 3.63) is 64.6 Å². The molecule has 12 heteroatoms. The van der Waals surface area contributed by atoms with Crippen molar-refractivity contribution in [1.29, 1.82) is 0 Å². The Kier molecular flexibility index (Phi) is 11.9. The second-order valence-corrected chi connectivity index (χ2v) is 14.8. The molecule has 3 aliphatic heterocycles. The number of nitrogens with two attached hydrogens (primary N) is 1. The molecule has 6 rings (SSSR count). The number of carboxylic acid groups (broad SMARTS) is 1. The van der Waals surface area contributed by atoms with Gasteiger partial charge in [-0.15, -0.1) is 0 Å². The second-order valence-electron chi connectivity index (χ2n) is 14.8. The van der Waals surface area contributed by atoms with E-state index < -0.39 is 5.97 Å². The van der Waals surface area contributed by atoms with Gasteiger partial charge in [-0.3, -0.25) is 14.4 Å². The molecular weight excluding hydrogens is 644 g/mol. The molecular formula is C39H54N8O4. The molecule has 3 aromatic rings. The second kappa shape index (κ2) is 16.7. The molecule has 2 amide bonds. The molecule has 0 bridgehead atoms. The molecule has 0 aliphatic carbocycles. The zero-order valence-corrected chi connectivity index (χ0v) is 30.3. The number of hydrogen-bond acceptors (Lipinski definition) is 8. The Bertz CT molecular complexity index is 1700. The van der Waals surface area contributed by atoms with Gasteiger partial charge in [0.15, 0.2) is 0 Å². The maximum Gasteiger partial charge on any atom is 0.304 e. The van der Waals surface area contributed by atoms with Crippen LogP contribution in [0, 0.1) is 19.8 Å². The maximum atomic E-state index is 12.9. The predicted octanol–water partition coefficient (Wildman–Crippen LogP) is 4.45. The first kappa shape index (κ1) is 36.3. The minimum atomic E-state index is -0.802. The highest BCUT2D eigenvalue weighted by molar-refractivity contribution is 5.77. The van der Waals surface area contributed by atoms with Crippen LogP contribution in [0.1, 0.15) is 85.5 Å². The van der Waals surface area contributed by atoms with Gasteiger partial charge in [-0.2, -0.15) is 5.10 Å². The SMILES string of the molecule is Cc1cc(C)n(-c2cc([C@H](CC(=O)O)CN3CC[C@@H](CCc4ccc5c(n4)NCCC5)C3)cc(N3CCN(C(=O)CCCCC(N)=O)CC3)c2)n1. The van der Waals surface area contributed by atoms with Crippen LogP contribution in [-0.4, -0.2) is 99.8 Å². The molecule has 0 unspecified atom stereocenters. The zero-order valence-electron chi connectivity index (χ0n) is 30.3. The number of nitrogens with zero attached hydrogens (tertiary/aromatic N) is 6. The molecule has 5 heterocycles. The Labute approximate surface area is 301 Å². The van der Waals surface area contributed by atoms with Crippen molar-refractivity contribution in [3.8, 4) is 5.69 Å². The number of benzene rings is 1. The van der Waals surface area contributed by atoms with E-state index in [0.29, 0.717) is 64.3 Å². The number of nitrogens with one attached hydrogen (secondary N) is 1. The van der Waals surface area contributed by atoms with E-state index in [9.17, 15) is 19.5 Å². The lowest BCUT2D eigenvalue weighted by atomic mass is 9.93. The van der Waals surface area contributed by atoms with E-state index >= 15 is 0 Å². The topological polar surface area (TPSA) is 150 Å². The Morgan fingerprint density at radius 2 is 1.78 bits per heavy atom. The third-order valence-electron chi connectivity index (χ3n) is 10.7. The largest absolute Gasteiger partial charge is 0.481 e. The van der Waals surface area contributed by atoms with Gasteiger partial charge in [-0.1, -0.05) is 6.07 Å². The lowest BCUT2D eigenvalue weighted by Crippen LogP contribution is -2.48. The minimum Gasteiger partial charge on any atom is -0.481 e. The number of piperazine rings is 1. The molecule has 0 saturated carbocycles. The Balaban J connectivity index is 1.14. The molecule has 1 aromatic carbocycles. The number of primary amides is 1. The molecule has 274 valence electrons. The molecule has 0 spiro atoms. The number of unbranched alkanes of at least 4 members (excludes halogenated alkanes) is 1. The van der Waals surface area contributed by atoms with Gasteiger partial charge in [0.2, 0.25) is 11.8 Å². The number of amides is 2. The summed E-state index contributed by atoms with van der Waals surface area (Å²) in [4.78, 5) is 47.8. The number of pyridine rings is 1. The van der Waals surface area contributed by atoms with Crippen molar-refractivity contribution in [3.63, 3.8) is 0 Å². The number of aliphatic carboxylic acids is 1. The summed E-state index contributed by atoms with van der Waals surface area (Å²) in [6.07, 6.45) is 7.44. The fourth-order valence-corrected chi connectivity index (χ4v) is 7.98. The highest BCUT2D eigenvalue weighted by Crippen LogP contribution is 2.32. The smallest absolute Gasteiger partial charge is 0.304 e. The van der Waals surface area contributed by atoms with Gasteiger partial charge in [0.25, 0.3) is 0 Å². The number of likely N-dealkylation sites (tertiary alicyclic amines) is 1. The molecule has 2 aromatic heterocycles. The first-order valence-corrected chi connectivity index (χ1v) is 18.8. The van der Waals surface area contributed by atoms with Crippen LogP contribution in [0.15, 0.2) is 36.4 Å². The lowest BCUT2D eigenvalue weighted by Gasteiger charge is -2.37. The fourth-order valence-electron chi connectivity index (χ4n) is 7.98. The van der Waals surface area contributed by atoms with Crippen molar-refractivity contribution >= 4 is 29.3 Å². The highest BCUT2D eigenvalue weighted by atomic mass is 16.4. The summed E-state index contributed by atoms with van der Waals surface area (Å²) >= 11 is 0. The number of aromatic nitrogens is 3. The summed E-state index contributed by atoms with van der Waals surface area (Å²) in [6.45, 7) is 10.2. The summed E-state index contributed by atoms with van der Waals surface area (Å²) in [5, 5.41) is 18.3. The van der Waals surface area contributed by atoms with Crippen molar-refractivity contribution in [2.24, 2.45) is 11.7 Å². The number of hydrogen-bond donors (Lipinski definition) is 3. The number of carbonyl (C=O) groups excluding carboxylic acids is 2. The summed E-state index contributed by atoms with van der Waals surface area (Å²) in [5.41, 5.74) is 12.6. The standard InChI is InChI=1S/C39H54N8O4/c1-27-20-28(2)47(43-27)35-22-31(21-34(24-35)45-16-18-46(19-17-45)37(49)8-4-3-7-36(40)48)32(23-38(50)51)26-44-15-13-29(25-44)9-11-33-12-10-30-6-5-14-41-39(30)42-33/h10,12,20-22,24,29,32H,3-9,11,13-19,23,25-26H2,1-2H3,(H2,40,48)(H,41,42)(H,50,51)/t29-,32-/m1/s1. The van der Waals surface area contributed by atoms with Crippen LogP contribution in [0.4, 0.5) is 11.5 Å². The van der Waals surface area contributed by atoms with E-state index in [1.165, 1.54) is 5.56 Å². The van der Waals surface area contributed by atoms with Crippen LogP contribution in [0.2, 0.25) is 0 Å². The van der Waals surface area contributed by atoms with Gasteiger partial charge in [-0.05, 0) is 113 Å². The van der Waals surface area contributed by atoms with Crippen LogP contribution < -0.4 is 16.0 Å². The van der Waals surface area contributed by atoms with Gasteiger partial charge in [-0.25, -0.2) is 9.67 Å². The number of rotatable bonds is 15. The van der Waals surface area contributed by atoms with E-state index in [2.05, 4.69) is 51.5 Å². The third-order valence-corrected chi connectivity index (χ3v) is 10.7. The van der Waals surface area contributed by atoms with Crippen molar-refractivity contribution < 1.29 is 19.5 Å². The van der Waals surface area contributed by atoms with Gasteiger partial charge in [0.1, 0.15) is 5.82 Å². The number of anilines is 2. The Morgan fingerprint density at radius 3 is 2.53 bits per heavy atom. The summed E-state index contributed by atoms with van der Waals surface area (Å²) in [7, 11) is 0. The van der Waals surface area contributed by atoms with Crippen LogP contribution in [0.3, 0.4) is 0 Å². The van der Waals surface area contributed by atoms with E-state index in [0.717, 1.165) is 91.6 Å². The fraction of sp³-hybridized carbons (Fsp3) is 0.564. The van der Waals surface area contributed by atoms with Crippen LogP contribution in [0.25, 0.3) is 5.69 Å². The molecule has 51 heavy (non-hydrogen) atoms. The van der Waals surface area contributed by atoms with Crippen molar-refractivity contribution in [1.82, 2.24) is 24.6 Å². The average Bonchev–Trinajstić information content (AvgIpc) is 3.72. The molecule has 3 aliphatic rings. The zero-order chi connectivity index (χ0) is 35.9. The Morgan fingerprint density at radius 1 is 1.00 bits per heavy atom. The van der Waals surface area contributed by atoms with E-state index in [1.54, 1.807) is 0 Å². The average molecular weight is 699 g/mol. The minimum absolute atomic E-state index is 0.0469. The summed E-state index contributed by atoms with van der Waals surface area (Å²) in [6, 6.07) is 12.9. The quantitative estimate of drug-likeness (QED) is 0.196. The van der Waals surface area contributed by atoms with Crippen molar-refractivity contribution in [2.75, 3.05) is 62.6 Å². The molecule has 2 fully saturated rings. The third kappa shape index (κ3) is 9.66. The summed E-state index contributed by atoms with van der Waals surface area (Å²) in [5.74, 6) is 0.394. The first-order chi connectivity index (χ1) is 24.6. The first-order valence-electron chi connectivity index (χ1n) is 18.8. The van der Waals surface area contributed by atoms with Crippen LogP contribution in [0.5, 0.6) is 0 Å². The van der Waals surface area contributed by atoms with Gasteiger partial charge >= 0.3 is 5.97 Å². The van der Waals surface area contributed by atoms with Crippen LogP contribution >= 0.6 is 0 Å². The molecule has 4 N–H and O–H groups in total. The lowest BCUT2D eigenvalue weighted by molar-refractivity contribution is -0.137. The number of carboxylic acids is 1. The predicted molar refractivity (Wildman–Crippen MR) is 198 cm³/mol. The van der Waals surface area contributed by atoms with Crippen molar-refractivity contribution in [2.45, 2.75) is 84.0 Å². The number of fused-ring (bicyclic) bond motifs is 1. The molecule has 0 radical (unpaired) electrons. The molecule has 12 nitrogen and oxygen atoms in total.